The van der Waals surface area contributed by atoms with Crippen molar-refractivity contribution in [3.05, 3.63) is 39.7 Å². The van der Waals surface area contributed by atoms with Crippen molar-refractivity contribution < 1.29 is 9.42 Å². The minimum atomic E-state index is -0.490. The fourth-order valence-corrected chi connectivity index (χ4v) is 4.29. The summed E-state index contributed by atoms with van der Waals surface area (Å²) in [6, 6.07) is 5.52. The summed E-state index contributed by atoms with van der Waals surface area (Å²) < 4.78 is 6.41. The summed E-state index contributed by atoms with van der Waals surface area (Å²) in [5, 5.41) is 10.5. The molecule has 132 valence electrons. The third kappa shape index (κ3) is 1.86. The van der Waals surface area contributed by atoms with Crippen LogP contribution >= 0.6 is 0 Å². The first kappa shape index (κ1) is 15.2. The number of hydrogen-bond donors (Lipinski definition) is 1. The van der Waals surface area contributed by atoms with Crippen LogP contribution in [0.3, 0.4) is 0 Å². The van der Waals surface area contributed by atoms with E-state index in [-0.39, 0.29) is 11.3 Å². The van der Waals surface area contributed by atoms with Crippen molar-refractivity contribution >= 4 is 28.3 Å². The molecule has 1 fully saturated rings. The second-order valence-electron chi connectivity index (χ2n) is 7.73. The van der Waals surface area contributed by atoms with Gasteiger partial charge in [0, 0.05) is 24.1 Å². The highest BCUT2D eigenvalue weighted by molar-refractivity contribution is 6.16. The summed E-state index contributed by atoms with van der Waals surface area (Å²) in [5.74, 6) is -0.111. The number of aliphatic imine (C=N–C) groups is 1. The standard InChI is InChI=1S/C18H17N5O3/c1-18(2)7-11-13(15(18)24)12(14-16(19-11)23(3)20-17(14)25)8-4-5-9-10(6-8)22-26-21-9/h4-6,12-13H,7H2,1-3H3,(H,20,25). The Hall–Kier alpha value is -3.03. The maximum atomic E-state index is 13.1. The molecule has 5 rings (SSSR count). The van der Waals surface area contributed by atoms with Crippen molar-refractivity contribution in [3.63, 3.8) is 0 Å². The summed E-state index contributed by atoms with van der Waals surface area (Å²) in [4.78, 5) is 30.5. The number of aromatic nitrogens is 4. The molecule has 2 unspecified atom stereocenters. The molecule has 0 radical (unpaired) electrons. The highest BCUT2D eigenvalue weighted by Crippen LogP contribution is 2.49. The van der Waals surface area contributed by atoms with Crippen LogP contribution in [0.5, 0.6) is 0 Å². The molecule has 8 heteroatoms. The normalized spacial score (nSPS) is 23.8. The number of H-pyrrole nitrogens is 1. The highest BCUT2D eigenvalue weighted by atomic mass is 16.6. The van der Waals surface area contributed by atoms with Gasteiger partial charge in [-0.3, -0.25) is 19.4 Å². The number of aromatic amines is 1. The monoisotopic (exact) mass is 351 g/mol. The van der Waals surface area contributed by atoms with Gasteiger partial charge in [-0.2, -0.15) is 0 Å². The van der Waals surface area contributed by atoms with Gasteiger partial charge in [0.25, 0.3) is 5.56 Å². The lowest BCUT2D eigenvalue weighted by atomic mass is 9.76. The molecule has 8 nitrogen and oxygen atoms in total. The van der Waals surface area contributed by atoms with Crippen LogP contribution in [-0.2, 0) is 11.8 Å². The number of aryl methyl sites for hydroxylation is 1. The number of carbonyl (C=O) groups excluding carboxylic acids is 1. The zero-order chi connectivity index (χ0) is 18.2. The zero-order valence-corrected chi connectivity index (χ0v) is 14.6. The number of benzene rings is 1. The average molecular weight is 351 g/mol. The molecular weight excluding hydrogens is 334 g/mol. The number of Topliss-reactive ketones (excluding diaryl/α,β-unsaturated/α-hetero) is 1. The number of carbonyl (C=O) groups is 1. The number of rotatable bonds is 1. The van der Waals surface area contributed by atoms with E-state index in [1.807, 2.05) is 26.0 Å². The number of hydrogen-bond acceptors (Lipinski definition) is 6. The van der Waals surface area contributed by atoms with E-state index in [0.29, 0.717) is 28.8 Å². The van der Waals surface area contributed by atoms with E-state index in [9.17, 15) is 9.59 Å². The van der Waals surface area contributed by atoms with Gasteiger partial charge in [0.05, 0.1) is 11.5 Å². The topological polar surface area (TPSA) is 106 Å². The van der Waals surface area contributed by atoms with Crippen LogP contribution < -0.4 is 5.56 Å². The van der Waals surface area contributed by atoms with Crippen LogP contribution in [0.15, 0.2) is 32.6 Å². The molecule has 3 aromatic rings. The number of nitrogens with one attached hydrogen (secondary N) is 1. The van der Waals surface area contributed by atoms with E-state index in [2.05, 4.69) is 20.4 Å². The van der Waals surface area contributed by atoms with Crippen LogP contribution in [-0.4, -0.2) is 31.6 Å². The second-order valence-corrected chi connectivity index (χ2v) is 7.73. The minimum Gasteiger partial charge on any atom is -0.298 e. The van der Waals surface area contributed by atoms with Crippen LogP contribution in [0.25, 0.3) is 11.0 Å². The maximum Gasteiger partial charge on any atom is 0.270 e. The van der Waals surface area contributed by atoms with Crippen molar-refractivity contribution in [3.8, 4) is 0 Å². The Morgan fingerprint density at radius 1 is 1.19 bits per heavy atom. The predicted molar refractivity (Wildman–Crippen MR) is 93.7 cm³/mol. The second kappa shape index (κ2) is 4.78. The molecule has 0 bridgehead atoms. The Labute approximate surface area is 147 Å². The summed E-state index contributed by atoms with van der Waals surface area (Å²) in [7, 11) is 1.76. The molecule has 1 aliphatic carbocycles. The maximum absolute atomic E-state index is 13.1. The van der Waals surface area contributed by atoms with Gasteiger partial charge in [-0.1, -0.05) is 19.9 Å². The smallest absolute Gasteiger partial charge is 0.270 e. The van der Waals surface area contributed by atoms with E-state index in [0.717, 1.165) is 11.3 Å². The molecule has 2 aliphatic rings. The van der Waals surface area contributed by atoms with Gasteiger partial charge in [0.2, 0.25) is 0 Å². The molecule has 1 aliphatic heterocycles. The first-order valence-electron chi connectivity index (χ1n) is 8.50. The van der Waals surface area contributed by atoms with Crippen molar-refractivity contribution in [2.75, 3.05) is 0 Å². The van der Waals surface area contributed by atoms with E-state index >= 15 is 0 Å². The summed E-state index contributed by atoms with van der Waals surface area (Å²) >= 11 is 0. The first-order valence-corrected chi connectivity index (χ1v) is 8.50. The molecule has 3 heterocycles. The van der Waals surface area contributed by atoms with Gasteiger partial charge in [0.1, 0.15) is 16.8 Å². The fraction of sp³-hybridized carbons (Fsp3) is 0.389. The summed E-state index contributed by atoms with van der Waals surface area (Å²) in [6.45, 7) is 3.87. The number of ketones is 1. The molecule has 0 spiro atoms. The Morgan fingerprint density at radius 2 is 1.96 bits per heavy atom. The highest BCUT2D eigenvalue weighted by Gasteiger charge is 2.52. The molecule has 26 heavy (non-hydrogen) atoms. The Kier molecular flexibility index (Phi) is 2.80. The molecule has 2 aromatic heterocycles. The van der Waals surface area contributed by atoms with Crippen molar-refractivity contribution in [2.45, 2.75) is 26.2 Å². The quantitative estimate of drug-likeness (QED) is 0.722. The fourth-order valence-electron chi connectivity index (χ4n) is 4.29. The van der Waals surface area contributed by atoms with E-state index in [1.54, 1.807) is 17.8 Å². The lowest BCUT2D eigenvalue weighted by Gasteiger charge is -2.27. The third-order valence-corrected chi connectivity index (χ3v) is 5.53. The van der Waals surface area contributed by atoms with Crippen LogP contribution in [0.4, 0.5) is 5.82 Å². The third-order valence-electron chi connectivity index (χ3n) is 5.53. The van der Waals surface area contributed by atoms with Crippen molar-refractivity contribution in [1.29, 1.82) is 0 Å². The van der Waals surface area contributed by atoms with Gasteiger partial charge < -0.3 is 0 Å². The van der Waals surface area contributed by atoms with E-state index < -0.39 is 17.3 Å². The Bertz CT molecular complexity index is 1160. The zero-order valence-electron chi connectivity index (χ0n) is 14.6. The molecule has 0 saturated heterocycles. The van der Waals surface area contributed by atoms with Crippen molar-refractivity contribution in [1.82, 2.24) is 20.1 Å². The predicted octanol–water partition coefficient (Wildman–Crippen LogP) is 2.08. The van der Waals surface area contributed by atoms with Gasteiger partial charge in [0.15, 0.2) is 5.82 Å². The van der Waals surface area contributed by atoms with Crippen molar-refractivity contribution in [2.24, 2.45) is 23.4 Å². The van der Waals surface area contributed by atoms with Gasteiger partial charge in [-0.15, -0.1) is 0 Å². The van der Waals surface area contributed by atoms with E-state index in [4.69, 9.17) is 4.63 Å². The van der Waals surface area contributed by atoms with Gasteiger partial charge >= 0.3 is 0 Å². The molecule has 2 atom stereocenters. The molecule has 1 saturated carbocycles. The van der Waals surface area contributed by atoms with Crippen LogP contribution in [0.1, 0.15) is 37.3 Å². The lowest BCUT2D eigenvalue weighted by Crippen LogP contribution is -2.32. The summed E-state index contributed by atoms with van der Waals surface area (Å²) in [5.41, 5.74) is 2.74. The largest absolute Gasteiger partial charge is 0.298 e. The molecular formula is C18H17N5O3. The Morgan fingerprint density at radius 3 is 2.77 bits per heavy atom. The average Bonchev–Trinajstić information content (AvgIpc) is 3.22. The summed E-state index contributed by atoms with van der Waals surface area (Å²) in [6.07, 6.45) is 0.597. The van der Waals surface area contributed by atoms with Gasteiger partial charge in [-0.25, -0.2) is 9.62 Å². The molecule has 1 aromatic carbocycles. The van der Waals surface area contributed by atoms with Crippen LogP contribution in [0.2, 0.25) is 0 Å². The van der Waals surface area contributed by atoms with E-state index in [1.165, 1.54) is 0 Å². The molecule has 1 N–H and O–H groups in total. The number of nitrogens with zero attached hydrogens (tertiary/aromatic N) is 4. The minimum absolute atomic E-state index is 0.119. The lowest BCUT2D eigenvalue weighted by molar-refractivity contribution is -0.127. The van der Waals surface area contributed by atoms with Crippen LogP contribution in [0, 0.1) is 11.3 Å². The SMILES string of the molecule is Cn1[nH]c(=O)c2c1N=C1CC(C)(C)C(=O)C1C2c1ccc2nonc2c1. The molecule has 0 amide bonds. The number of fused-ring (bicyclic) bond motifs is 3. The first-order chi connectivity index (χ1) is 12.4. The van der Waals surface area contributed by atoms with Gasteiger partial charge in [-0.05, 0) is 34.4 Å². The Balaban J connectivity index is 1.79.